The molecule has 0 saturated heterocycles. The summed E-state index contributed by atoms with van der Waals surface area (Å²) >= 11 is 0. The molecule has 3 N–H and O–H groups in total. The third kappa shape index (κ3) is 5.88. The number of nitrogens with two attached hydrogens (primary N) is 1. The van der Waals surface area contributed by atoms with Gasteiger partial charge < -0.3 is 20.5 Å². The van der Waals surface area contributed by atoms with Gasteiger partial charge in [-0.05, 0) is 37.1 Å². The lowest BCUT2D eigenvalue weighted by Gasteiger charge is -2.10. The molecule has 0 aliphatic heterocycles. The summed E-state index contributed by atoms with van der Waals surface area (Å²) in [6.07, 6.45) is 2.66. The molecule has 0 spiro atoms. The lowest BCUT2D eigenvalue weighted by molar-refractivity contribution is 0.355. The third-order valence-electron chi connectivity index (χ3n) is 3.31. The van der Waals surface area contributed by atoms with Crippen LogP contribution in [0.1, 0.15) is 11.3 Å². The van der Waals surface area contributed by atoms with Crippen LogP contribution < -0.4 is 20.5 Å². The second-order valence-electron chi connectivity index (χ2n) is 5.02. The van der Waals surface area contributed by atoms with Crippen LogP contribution in [0, 0.1) is 6.92 Å². The van der Waals surface area contributed by atoms with Gasteiger partial charge in [-0.25, -0.2) is 0 Å². The average Bonchev–Trinajstić information content (AvgIpc) is 2.56. The zero-order chi connectivity index (χ0) is 16.7. The van der Waals surface area contributed by atoms with E-state index < -0.39 is 0 Å². The van der Waals surface area contributed by atoms with E-state index in [0.717, 1.165) is 23.4 Å². The topological polar surface area (TPSA) is 81.8 Å². The molecule has 6 nitrogen and oxygen atoms in total. The van der Waals surface area contributed by atoms with E-state index in [0.29, 0.717) is 24.0 Å². The van der Waals surface area contributed by atoms with Gasteiger partial charge in [-0.1, -0.05) is 6.07 Å². The molecule has 0 aliphatic carbocycles. The first-order valence-electron chi connectivity index (χ1n) is 7.33. The molecule has 24 heavy (non-hydrogen) atoms. The average molecular weight is 442 g/mol. The zero-order valence-electron chi connectivity index (χ0n) is 14.1. The summed E-state index contributed by atoms with van der Waals surface area (Å²) < 4.78 is 10.5. The second-order valence-corrected chi connectivity index (χ2v) is 5.02. The summed E-state index contributed by atoms with van der Waals surface area (Å²) in [4.78, 5) is 8.58. The van der Waals surface area contributed by atoms with E-state index in [1.165, 1.54) is 0 Å². The molecule has 1 aromatic heterocycles. The predicted molar refractivity (Wildman–Crippen MR) is 108 cm³/mol. The highest BCUT2D eigenvalue weighted by Crippen LogP contribution is 2.29. The van der Waals surface area contributed by atoms with Crippen molar-refractivity contribution >= 4 is 35.6 Å². The van der Waals surface area contributed by atoms with Crippen molar-refractivity contribution < 1.29 is 9.47 Å². The number of guanidine groups is 1. The lowest BCUT2D eigenvalue weighted by atomic mass is 10.2. The lowest BCUT2D eigenvalue weighted by Crippen LogP contribution is -2.23. The van der Waals surface area contributed by atoms with Gasteiger partial charge in [0.2, 0.25) is 0 Å². The van der Waals surface area contributed by atoms with E-state index in [9.17, 15) is 0 Å². The maximum absolute atomic E-state index is 5.91. The van der Waals surface area contributed by atoms with Crippen molar-refractivity contribution in [3.8, 4) is 11.5 Å². The Bertz CT molecular complexity index is 675. The number of benzene rings is 1. The molecule has 2 aromatic rings. The van der Waals surface area contributed by atoms with Gasteiger partial charge in [0.15, 0.2) is 17.5 Å². The molecule has 2 rings (SSSR count). The van der Waals surface area contributed by atoms with E-state index in [2.05, 4.69) is 21.4 Å². The van der Waals surface area contributed by atoms with Crippen molar-refractivity contribution in [1.29, 1.82) is 0 Å². The number of methoxy groups -OCH3 is 2. The van der Waals surface area contributed by atoms with Crippen LogP contribution >= 0.6 is 24.0 Å². The van der Waals surface area contributed by atoms with E-state index in [-0.39, 0.29) is 24.0 Å². The number of anilines is 1. The van der Waals surface area contributed by atoms with Crippen LogP contribution in [-0.4, -0.2) is 31.7 Å². The Morgan fingerprint density at radius 1 is 1.17 bits per heavy atom. The number of aliphatic imine (C=N–C) groups is 1. The fourth-order valence-electron chi connectivity index (χ4n) is 2.05. The summed E-state index contributed by atoms with van der Waals surface area (Å²) in [5.41, 5.74) is 8.84. The smallest absolute Gasteiger partial charge is 0.193 e. The number of aromatic nitrogens is 1. The van der Waals surface area contributed by atoms with Crippen molar-refractivity contribution in [2.24, 2.45) is 10.7 Å². The Kier molecular flexibility index (Phi) is 8.31. The number of hydrogen-bond acceptors (Lipinski definition) is 4. The van der Waals surface area contributed by atoms with E-state index in [4.69, 9.17) is 15.2 Å². The van der Waals surface area contributed by atoms with Gasteiger partial charge in [-0.15, -0.1) is 24.0 Å². The molecule has 1 aromatic carbocycles. The maximum atomic E-state index is 5.91. The van der Waals surface area contributed by atoms with Crippen molar-refractivity contribution in [1.82, 2.24) is 4.98 Å². The van der Waals surface area contributed by atoms with Crippen molar-refractivity contribution in [2.45, 2.75) is 13.3 Å². The Morgan fingerprint density at radius 2 is 1.92 bits per heavy atom. The van der Waals surface area contributed by atoms with Gasteiger partial charge in [-0.2, -0.15) is 0 Å². The van der Waals surface area contributed by atoms with E-state index >= 15 is 0 Å². The highest BCUT2D eigenvalue weighted by Gasteiger charge is 2.05. The Hall–Kier alpha value is -2.03. The molecule has 0 saturated carbocycles. The van der Waals surface area contributed by atoms with E-state index in [1.54, 1.807) is 14.2 Å². The molecule has 130 valence electrons. The minimum atomic E-state index is 0. The number of ether oxygens (including phenoxy) is 2. The molecule has 0 radical (unpaired) electrons. The zero-order valence-corrected chi connectivity index (χ0v) is 16.4. The number of rotatable bonds is 6. The summed E-state index contributed by atoms with van der Waals surface area (Å²) in [6, 6.07) is 9.52. The van der Waals surface area contributed by atoms with Crippen LogP contribution in [-0.2, 0) is 6.42 Å². The number of nitrogens with zero attached hydrogens (tertiary/aromatic N) is 2. The molecular formula is C17H23IN4O2. The van der Waals surface area contributed by atoms with Gasteiger partial charge >= 0.3 is 0 Å². The van der Waals surface area contributed by atoms with Crippen LogP contribution in [0.2, 0.25) is 0 Å². The van der Waals surface area contributed by atoms with Gasteiger partial charge in [0.05, 0.1) is 14.2 Å². The number of aryl methyl sites for hydroxylation is 1. The molecule has 0 unspecified atom stereocenters. The number of pyridine rings is 1. The molecule has 0 aliphatic rings. The molecule has 1 heterocycles. The largest absolute Gasteiger partial charge is 0.493 e. The molecule has 0 bridgehead atoms. The first-order chi connectivity index (χ1) is 11.1. The first kappa shape index (κ1) is 20.0. The number of hydrogen-bond donors (Lipinski definition) is 2. The maximum Gasteiger partial charge on any atom is 0.193 e. The van der Waals surface area contributed by atoms with Gasteiger partial charge in [0.1, 0.15) is 0 Å². The van der Waals surface area contributed by atoms with Crippen LogP contribution in [0.5, 0.6) is 11.5 Å². The molecular weight excluding hydrogens is 419 g/mol. The van der Waals surface area contributed by atoms with Crippen LogP contribution in [0.15, 0.2) is 41.5 Å². The number of nitrogens with one attached hydrogen (secondary N) is 1. The highest BCUT2D eigenvalue weighted by molar-refractivity contribution is 14.0. The normalized spacial score (nSPS) is 10.7. The monoisotopic (exact) mass is 442 g/mol. The SMILES string of the molecule is COc1ccc(NC(N)=NCCc2ccc(C)nc2)cc1OC.I. The fourth-order valence-corrected chi connectivity index (χ4v) is 2.05. The standard InChI is InChI=1S/C17H22N4O2.HI/c1-12-4-5-13(11-20-12)8-9-19-17(18)21-14-6-7-15(22-2)16(10-14)23-3;/h4-7,10-11H,8-9H2,1-3H3,(H3,18,19,21);1H. The Balaban J connectivity index is 0.00000288. The molecule has 0 atom stereocenters. The Morgan fingerprint density at radius 3 is 2.54 bits per heavy atom. The highest BCUT2D eigenvalue weighted by atomic mass is 127. The molecule has 0 fully saturated rings. The van der Waals surface area contributed by atoms with Gasteiger partial charge in [0.25, 0.3) is 0 Å². The summed E-state index contributed by atoms with van der Waals surface area (Å²) in [6.45, 7) is 2.56. The van der Waals surface area contributed by atoms with Crippen molar-refractivity contribution in [2.75, 3.05) is 26.1 Å². The first-order valence-corrected chi connectivity index (χ1v) is 7.33. The van der Waals surface area contributed by atoms with Gasteiger partial charge in [-0.3, -0.25) is 9.98 Å². The minimum Gasteiger partial charge on any atom is -0.493 e. The van der Waals surface area contributed by atoms with Gasteiger partial charge in [0, 0.05) is 30.2 Å². The second kappa shape index (κ2) is 9.96. The minimum absolute atomic E-state index is 0. The summed E-state index contributed by atoms with van der Waals surface area (Å²) in [5.74, 6) is 1.66. The molecule has 7 heteroatoms. The Labute approximate surface area is 159 Å². The van der Waals surface area contributed by atoms with Crippen LogP contribution in [0.3, 0.4) is 0 Å². The summed E-state index contributed by atoms with van der Waals surface area (Å²) in [5, 5.41) is 3.04. The van der Waals surface area contributed by atoms with Crippen LogP contribution in [0.25, 0.3) is 0 Å². The molecule has 0 amide bonds. The predicted octanol–water partition coefficient (Wildman–Crippen LogP) is 2.99. The summed E-state index contributed by atoms with van der Waals surface area (Å²) in [7, 11) is 3.19. The van der Waals surface area contributed by atoms with Crippen molar-refractivity contribution in [3.63, 3.8) is 0 Å². The number of halogens is 1. The van der Waals surface area contributed by atoms with Crippen molar-refractivity contribution in [3.05, 3.63) is 47.8 Å². The van der Waals surface area contributed by atoms with Crippen LogP contribution in [0.4, 0.5) is 5.69 Å². The quantitative estimate of drug-likeness (QED) is 0.409. The fraction of sp³-hybridized carbons (Fsp3) is 0.294. The van der Waals surface area contributed by atoms with E-state index in [1.807, 2.05) is 37.4 Å². The third-order valence-corrected chi connectivity index (χ3v) is 3.31.